The van der Waals surface area contributed by atoms with Gasteiger partial charge in [0, 0.05) is 42.6 Å². The van der Waals surface area contributed by atoms with E-state index >= 15 is 0 Å². The normalized spacial score (nSPS) is 12.7. The van der Waals surface area contributed by atoms with Crippen LogP contribution in [-0.4, -0.2) is 35.6 Å². The van der Waals surface area contributed by atoms with Crippen LogP contribution in [0.4, 0.5) is 4.79 Å². The highest BCUT2D eigenvalue weighted by Crippen LogP contribution is 2.27. The lowest BCUT2D eigenvalue weighted by atomic mass is 9.93. The molecule has 0 radical (unpaired) electrons. The number of rotatable bonds is 9. The maximum atomic E-state index is 12.8. The Balaban J connectivity index is 1.40. The first-order valence-corrected chi connectivity index (χ1v) is 11.9. The van der Waals surface area contributed by atoms with E-state index in [1.807, 2.05) is 37.4 Å². The molecule has 8 heteroatoms. The van der Waals surface area contributed by atoms with Gasteiger partial charge in [-0.05, 0) is 66.4 Å². The summed E-state index contributed by atoms with van der Waals surface area (Å²) in [5.41, 5.74) is 10.6. The molecule has 0 saturated heterocycles. The zero-order chi connectivity index (χ0) is 24.8. The zero-order valence-corrected chi connectivity index (χ0v) is 20.4. The Morgan fingerprint density at radius 3 is 2.63 bits per heavy atom. The summed E-state index contributed by atoms with van der Waals surface area (Å²) in [7, 11) is 2.01. The number of nitrogens with two attached hydrogens (primary N) is 1. The number of carbonyl (C=O) groups excluding carboxylic acids is 1. The largest absolute Gasteiger partial charge is 0.489 e. The van der Waals surface area contributed by atoms with E-state index in [-0.39, 0.29) is 5.56 Å². The second-order valence-electron chi connectivity index (χ2n) is 8.68. The number of pyridine rings is 1. The van der Waals surface area contributed by atoms with Crippen LogP contribution in [0.5, 0.6) is 5.75 Å². The molecule has 0 unspecified atom stereocenters. The van der Waals surface area contributed by atoms with Crippen molar-refractivity contribution in [1.29, 1.82) is 0 Å². The lowest BCUT2D eigenvalue weighted by Crippen LogP contribution is -2.35. The zero-order valence-electron chi connectivity index (χ0n) is 19.7. The van der Waals surface area contributed by atoms with Gasteiger partial charge in [0.05, 0.1) is 0 Å². The Labute approximate surface area is 209 Å². The van der Waals surface area contributed by atoms with Crippen LogP contribution in [-0.2, 0) is 19.6 Å². The van der Waals surface area contributed by atoms with Crippen LogP contribution in [0, 0.1) is 0 Å². The number of hydrogen-bond acceptors (Lipinski definition) is 4. The van der Waals surface area contributed by atoms with Gasteiger partial charge in [0.1, 0.15) is 12.4 Å². The molecule has 2 aromatic carbocycles. The minimum Gasteiger partial charge on any atom is -0.489 e. The fraction of sp³-hybridized carbons (Fsp3) is 0.259. The molecule has 7 nitrogen and oxygen atoms in total. The van der Waals surface area contributed by atoms with Gasteiger partial charge in [-0.25, -0.2) is 4.79 Å². The van der Waals surface area contributed by atoms with Crippen LogP contribution in [0.3, 0.4) is 0 Å². The second-order valence-corrected chi connectivity index (χ2v) is 9.12. The van der Waals surface area contributed by atoms with Crippen molar-refractivity contribution in [3.8, 4) is 5.75 Å². The summed E-state index contributed by atoms with van der Waals surface area (Å²) < 4.78 is 7.47. The summed E-state index contributed by atoms with van der Waals surface area (Å²) >= 11 is 5.92. The van der Waals surface area contributed by atoms with Crippen molar-refractivity contribution in [3.05, 3.63) is 98.4 Å². The lowest BCUT2D eigenvalue weighted by molar-refractivity contribution is 0.246. The lowest BCUT2D eigenvalue weighted by Gasteiger charge is -2.21. The standard InChI is InChI=1S/C27H29ClN4O3/c1-31(13-11-30-27(29)34)17-20-2-5-22-15-24(9-6-21(22)14-20)32-12-10-25(16-26(32)33)35-18-19-3-7-23(28)8-4-19/h2-5,7-8,10,12,14-16H,6,9,11,13,17-18H2,1H3,(H3,29,30,34). The Hall–Kier alpha value is -3.55. The van der Waals surface area contributed by atoms with Gasteiger partial charge < -0.3 is 20.7 Å². The summed E-state index contributed by atoms with van der Waals surface area (Å²) in [5, 5.41) is 3.28. The third-order valence-electron chi connectivity index (χ3n) is 5.94. The summed E-state index contributed by atoms with van der Waals surface area (Å²) in [6.07, 6.45) is 5.50. The first kappa shape index (κ1) is 24.6. The van der Waals surface area contributed by atoms with Crippen molar-refractivity contribution in [2.24, 2.45) is 5.73 Å². The quantitative estimate of drug-likeness (QED) is 0.470. The monoisotopic (exact) mass is 492 g/mol. The summed E-state index contributed by atoms with van der Waals surface area (Å²) in [5.74, 6) is 0.540. The number of halogens is 1. The number of primary amides is 1. The first-order valence-electron chi connectivity index (χ1n) is 11.5. The van der Waals surface area contributed by atoms with Gasteiger partial charge in [-0.15, -0.1) is 0 Å². The highest BCUT2D eigenvalue weighted by molar-refractivity contribution is 6.30. The fourth-order valence-electron chi connectivity index (χ4n) is 4.12. The molecule has 0 atom stereocenters. The number of ether oxygens (including phenoxy) is 1. The fourth-order valence-corrected chi connectivity index (χ4v) is 4.24. The first-order chi connectivity index (χ1) is 16.9. The van der Waals surface area contributed by atoms with Gasteiger partial charge in [0.2, 0.25) is 0 Å². The molecule has 3 aromatic rings. The number of allylic oxidation sites excluding steroid dienone is 1. The Morgan fingerprint density at radius 2 is 1.89 bits per heavy atom. The molecule has 0 saturated carbocycles. The van der Waals surface area contributed by atoms with Crippen LogP contribution >= 0.6 is 11.6 Å². The number of nitrogens with one attached hydrogen (secondary N) is 1. The van der Waals surface area contributed by atoms with Gasteiger partial charge in [-0.1, -0.05) is 41.9 Å². The average molecular weight is 493 g/mol. The van der Waals surface area contributed by atoms with Gasteiger partial charge in [0.25, 0.3) is 5.56 Å². The van der Waals surface area contributed by atoms with E-state index in [0.29, 0.717) is 30.5 Å². The van der Waals surface area contributed by atoms with Crippen LogP contribution in [0.1, 0.15) is 28.7 Å². The van der Waals surface area contributed by atoms with E-state index in [1.54, 1.807) is 10.8 Å². The molecule has 35 heavy (non-hydrogen) atoms. The van der Waals surface area contributed by atoms with Crippen LogP contribution < -0.4 is 21.3 Å². The van der Waals surface area contributed by atoms with Gasteiger partial charge in [-0.3, -0.25) is 9.36 Å². The van der Waals surface area contributed by atoms with Crippen molar-refractivity contribution in [2.45, 2.75) is 26.0 Å². The van der Waals surface area contributed by atoms with E-state index in [1.165, 1.54) is 17.2 Å². The molecule has 1 heterocycles. The molecular formula is C27H29ClN4O3. The molecule has 0 fully saturated rings. The molecule has 182 valence electrons. The SMILES string of the molecule is CN(CCNC(N)=O)Cc1ccc2c(c1)CCC(n1ccc(OCc3ccc(Cl)cc3)cc1=O)=C2. The van der Waals surface area contributed by atoms with Gasteiger partial charge in [0.15, 0.2) is 0 Å². The third-order valence-corrected chi connectivity index (χ3v) is 6.20. The number of benzene rings is 2. The van der Waals surface area contributed by atoms with Crippen LogP contribution in [0.25, 0.3) is 11.8 Å². The number of fused-ring (bicyclic) bond motifs is 1. The average Bonchev–Trinajstić information content (AvgIpc) is 2.83. The number of urea groups is 1. The van der Waals surface area contributed by atoms with E-state index in [0.717, 1.165) is 36.2 Å². The van der Waals surface area contributed by atoms with Crippen LogP contribution in [0.2, 0.25) is 5.02 Å². The van der Waals surface area contributed by atoms with Crippen LogP contribution in [0.15, 0.2) is 65.6 Å². The van der Waals surface area contributed by atoms with E-state index in [2.05, 4.69) is 34.5 Å². The number of hydrogen-bond donors (Lipinski definition) is 2. The Bertz CT molecular complexity index is 1280. The summed E-state index contributed by atoms with van der Waals surface area (Å²) in [6.45, 7) is 2.38. The molecule has 3 N–H and O–H groups in total. The second kappa shape index (κ2) is 11.3. The number of aromatic nitrogens is 1. The predicted octanol–water partition coefficient (Wildman–Crippen LogP) is 4.13. The van der Waals surface area contributed by atoms with Crippen molar-refractivity contribution >= 4 is 29.4 Å². The smallest absolute Gasteiger partial charge is 0.312 e. The molecule has 1 aliphatic carbocycles. The maximum Gasteiger partial charge on any atom is 0.312 e. The van der Waals surface area contributed by atoms with E-state index < -0.39 is 6.03 Å². The molecule has 0 aliphatic heterocycles. The molecule has 2 amide bonds. The van der Waals surface area contributed by atoms with Crippen molar-refractivity contribution in [1.82, 2.24) is 14.8 Å². The number of amides is 2. The topological polar surface area (TPSA) is 89.6 Å². The van der Waals surface area contributed by atoms with Gasteiger partial charge >= 0.3 is 6.03 Å². The molecular weight excluding hydrogens is 464 g/mol. The molecule has 1 aromatic heterocycles. The minimum atomic E-state index is -0.506. The molecule has 0 bridgehead atoms. The predicted molar refractivity (Wildman–Crippen MR) is 139 cm³/mol. The van der Waals surface area contributed by atoms with E-state index in [9.17, 15) is 9.59 Å². The van der Waals surface area contributed by atoms with Crippen molar-refractivity contribution in [3.63, 3.8) is 0 Å². The highest BCUT2D eigenvalue weighted by Gasteiger charge is 2.14. The van der Waals surface area contributed by atoms with E-state index in [4.69, 9.17) is 22.1 Å². The summed E-state index contributed by atoms with van der Waals surface area (Å²) in [6, 6.07) is 16.7. The van der Waals surface area contributed by atoms with Crippen molar-refractivity contribution < 1.29 is 9.53 Å². The molecule has 0 spiro atoms. The number of nitrogens with zero attached hydrogens (tertiary/aromatic N) is 2. The maximum absolute atomic E-state index is 12.8. The Morgan fingerprint density at radius 1 is 1.11 bits per heavy atom. The summed E-state index contributed by atoms with van der Waals surface area (Å²) in [4.78, 5) is 25.7. The van der Waals surface area contributed by atoms with Crippen molar-refractivity contribution in [2.75, 3.05) is 20.1 Å². The number of carbonyl (C=O) groups is 1. The number of likely N-dealkylation sites (N-methyl/N-ethyl adjacent to an activating group) is 1. The Kier molecular flexibility index (Phi) is 7.90. The number of aryl methyl sites for hydroxylation is 1. The highest BCUT2D eigenvalue weighted by atomic mass is 35.5. The third kappa shape index (κ3) is 6.74. The molecule has 4 rings (SSSR count). The van der Waals surface area contributed by atoms with Gasteiger partial charge in [-0.2, -0.15) is 0 Å². The molecule has 1 aliphatic rings. The minimum absolute atomic E-state index is 0.115.